The number of halogens is 1. The van der Waals surface area contributed by atoms with Gasteiger partial charge in [0.2, 0.25) is 15.8 Å². The van der Waals surface area contributed by atoms with Crippen LogP contribution in [-0.2, 0) is 10.0 Å². The third kappa shape index (κ3) is 5.20. The largest absolute Gasteiger partial charge is 0.486 e. The number of hydrogen-bond acceptors (Lipinski definition) is 7. The predicted octanol–water partition coefficient (Wildman–Crippen LogP) is 1.51. The molecular weight excluding hydrogens is 444 g/mol. The molecule has 11 heteroatoms. The van der Waals surface area contributed by atoms with E-state index in [1.54, 1.807) is 44.3 Å². The van der Waals surface area contributed by atoms with Gasteiger partial charge < -0.3 is 14.7 Å². The average molecular weight is 471 g/mol. The highest BCUT2D eigenvalue weighted by molar-refractivity contribution is 7.89. The minimum atomic E-state index is -3.33. The molecule has 1 saturated heterocycles. The van der Waals surface area contributed by atoms with Crippen LogP contribution >= 0.6 is 11.6 Å². The Morgan fingerprint density at radius 2 is 1.94 bits per heavy atom. The molecular formula is C20H27ClN4O5S. The van der Waals surface area contributed by atoms with E-state index in [1.165, 1.54) is 8.99 Å². The van der Waals surface area contributed by atoms with Crippen molar-refractivity contribution in [2.24, 2.45) is 0 Å². The normalized spacial score (nSPS) is 15.5. The van der Waals surface area contributed by atoms with E-state index in [1.807, 2.05) is 4.90 Å². The Morgan fingerprint density at radius 3 is 2.55 bits per heavy atom. The Morgan fingerprint density at radius 1 is 1.23 bits per heavy atom. The summed E-state index contributed by atoms with van der Waals surface area (Å²) in [6, 6.07) is 6.77. The van der Waals surface area contributed by atoms with Crippen molar-refractivity contribution in [1.82, 2.24) is 14.1 Å². The number of aliphatic hydroxyl groups is 1. The maximum absolute atomic E-state index is 13.2. The average Bonchev–Trinajstić information content (AvgIpc) is 2.75. The summed E-state index contributed by atoms with van der Waals surface area (Å²) in [6.45, 7) is 4.87. The van der Waals surface area contributed by atoms with E-state index < -0.39 is 20.8 Å². The fourth-order valence-electron chi connectivity index (χ4n) is 3.30. The van der Waals surface area contributed by atoms with E-state index in [2.05, 4.69) is 5.10 Å². The molecule has 0 spiro atoms. The van der Waals surface area contributed by atoms with Crippen molar-refractivity contribution in [3.63, 3.8) is 0 Å². The van der Waals surface area contributed by atoms with E-state index >= 15 is 0 Å². The molecule has 170 valence electrons. The topological polar surface area (TPSA) is 105 Å². The van der Waals surface area contributed by atoms with E-state index in [4.69, 9.17) is 21.4 Å². The third-order valence-electron chi connectivity index (χ3n) is 5.05. The second-order valence-corrected chi connectivity index (χ2v) is 10.4. The number of ether oxygens (including phenoxy) is 1. The highest BCUT2D eigenvalue weighted by Crippen LogP contribution is 2.27. The van der Waals surface area contributed by atoms with E-state index in [9.17, 15) is 13.2 Å². The summed E-state index contributed by atoms with van der Waals surface area (Å²) in [5.74, 6) is 0.114. The number of sulfonamides is 1. The van der Waals surface area contributed by atoms with Crippen LogP contribution in [0, 0.1) is 0 Å². The molecule has 0 radical (unpaired) electrons. The van der Waals surface area contributed by atoms with Gasteiger partial charge in [-0.25, -0.2) is 8.42 Å². The lowest BCUT2D eigenvalue weighted by Crippen LogP contribution is -2.50. The molecule has 0 amide bonds. The fraction of sp³-hybridized carbons (Fsp3) is 0.500. The van der Waals surface area contributed by atoms with Crippen LogP contribution in [0.15, 0.2) is 35.3 Å². The number of rotatable bonds is 8. The predicted molar refractivity (Wildman–Crippen MR) is 120 cm³/mol. The Bertz CT molecular complexity index is 1070. The number of anilines is 1. The van der Waals surface area contributed by atoms with Gasteiger partial charge in [-0.3, -0.25) is 4.79 Å². The Hall–Kier alpha value is -2.14. The number of hydrogen-bond donors (Lipinski definition) is 1. The van der Waals surface area contributed by atoms with Crippen molar-refractivity contribution in [3.05, 3.63) is 45.8 Å². The molecule has 9 nitrogen and oxygen atoms in total. The van der Waals surface area contributed by atoms with Crippen molar-refractivity contribution in [2.75, 3.05) is 44.3 Å². The summed E-state index contributed by atoms with van der Waals surface area (Å²) in [5, 5.41) is 13.4. The molecule has 0 saturated carbocycles. The van der Waals surface area contributed by atoms with Crippen LogP contribution in [0.3, 0.4) is 0 Å². The van der Waals surface area contributed by atoms with Gasteiger partial charge in [0, 0.05) is 44.2 Å². The van der Waals surface area contributed by atoms with Crippen molar-refractivity contribution in [3.8, 4) is 11.4 Å². The Kier molecular flexibility index (Phi) is 7.58. The number of aliphatic hydroxyl groups excluding tert-OH is 1. The highest BCUT2D eigenvalue weighted by Gasteiger charge is 2.31. The van der Waals surface area contributed by atoms with Crippen LogP contribution in [0.5, 0.6) is 5.75 Å². The van der Waals surface area contributed by atoms with Gasteiger partial charge in [0.05, 0.1) is 23.7 Å². The van der Waals surface area contributed by atoms with E-state index in [0.717, 1.165) is 0 Å². The van der Waals surface area contributed by atoms with Gasteiger partial charge in [0.15, 0.2) is 0 Å². The number of piperazine rings is 1. The molecule has 3 rings (SSSR count). The molecule has 1 fully saturated rings. The molecule has 1 aromatic carbocycles. The number of aromatic nitrogens is 2. The molecule has 1 aliphatic heterocycles. The molecule has 0 aliphatic carbocycles. The van der Waals surface area contributed by atoms with E-state index in [0.29, 0.717) is 49.0 Å². The van der Waals surface area contributed by atoms with Gasteiger partial charge in [-0.05, 0) is 32.0 Å². The molecule has 0 unspecified atom stereocenters. The van der Waals surface area contributed by atoms with Gasteiger partial charge in [0.1, 0.15) is 5.69 Å². The SMILES string of the molecule is CC(C)S(=O)(=O)N1CCN(c2cnn(-c3cccc(Cl)c3)c(=O)c2OCCCO)CC1. The van der Waals surface area contributed by atoms with Gasteiger partial charge in [-0.15, -0.1) is 0 Å². The van der Waals surface area contributed by atoms with Gasteiger partial charge in [-0.2, -0.15) is 14.1 Å². The summed E-state index contributed by atoms with van der Waals surface area (Å²) >= 11 is 6.05. The summed E-state index contributed by atoms with van der Waals surface area (Å²) in [4.78, 5) is 15.1. The van der Waals surface area contributed by atoms with Crippen LogP contribution in [0.25, 0.3) is 5.69 Å². The third-order valence-corrected chi connectivity index (χ3v) is 7.56. The lowest BCUT2D eigenvalue weighted by molar-refractivity contribution is 0.231. The van der Waals surface area contributed by atoms with Crippen LogP contribution in [-0.4, -0.2) is 72.3 Å². The van der Waals surface area contributed by atoms with Gasteiger partial charge in [0.25, 0.3) is 0 Å². The lowest BCUT2D eigenvalue weighted by atomic mass is 10.3. The minimum Gasteiger partial charge on any atom is -0.486 e. The number of benzene rings is 1. The molecule has 1 N–H and O–H groups in total. The quantitative estimate of drug-likeness (QED) is 0.583. The fourth-order valence-corrected chi connectivity index (χ4v) is 4.76. The molecule has 2 heterocycles. The smallest absolute Gasteiger partial charge is 0.316 e. The molecule has 0 atom stereocenters. The first kappa shape index (κ1) is 23.5. The van der Waals surface area contributed by atoms with Crippen LogP contribution in [0.1, 0.15) is 20.3 Å². The van der Waals surface area contributed by atoms with Crippen LogP contribution < -0.4 is 15.2 Å². The summed E-state index contributed by atoms with van der Waals surface area (Å²) in [5.41, 5.74) is 0.557. The van der Waals surface area contributed by atoms with Crippen molar-refractivity contribution < 1.29 is 18.3 Å². The summed E-state index contributed by atoms with van der Waals surface area (Å²) in [6.07, 6.45) is 1.92. The number of nitrogens with zero attached hydrogens (tertiary/aromatic N) is 4. The monoisotopic (exact) mass is 470 g/mol. The van der Waals surface area contributed by atoms with Crippen molar-refractivity contribution >= 4 is 27.3 Å². The minimum absolute atomic E-state index is 0.0609. The maximum Gasteiger partial charge on any atom is 0.316 e. The van der Waals surface area contributed by atoms with Gasteiger partial charge in [-0.1, -0.05) is 17.7 Å². The standard InChI is InChI=1S/C20H27ClN4O5S/c1-15(2)31(28,29)24-9-7-23(8-10-24)18-14-22-25(17-6-3-5-16(21)13-17)20(27)19(18)30-12-4-11-26/h3,5-6,13-15,26H,4,7-12H2,1-2H3. The van der Waals surface area contributed by atoms with E-state index in [-0.39, 0.29) is 19.0 Å². The van der Waals surface area contributed by atoms with Crippen LogP contribution in [0.2, 0.25) is 5.02 Å². The second-order valence-electron chi connectivity index (χ2n) is 7.46. The summed E-state index contributed by atoms with van der Waals surface area (Å²) < 4.78 is 33.3. The van der Waals surface area contributed by atoms with Crippen molar-refractivity contribution in [1.29, 1.82) is 0 Å². The zero-order chi connectivity index (χ0) is 22.6. The molecule has 1 aliphatic rings. The maximum atomic E-state index is 13.2. The van der Waals surface area contributed by atoms with Crippen molar-refractivity contribution in [2.45, 2.75) is 25.5 Å². The zero-order valence-electron chi connectivity index (χ0n) is 17.6. The second kappa shape index (κ2) is 9.99. The first-order chi connectivity index (χ1) is 14.8. The first-order valence-electron chi connectivity index (χ1n) is 10.1. The Labute approximate surface area is 186 Å². The molecule has 2 aromatic rings. The zero-order valence-corrected chi connectivity index (χ0v) is 19.1. The Balaban J connectivity index is 1.91. The summed E-state index contributed by atoms with van der Waals surface area (Å²) in [7, 11) is -3.33. The lowest BCUT2D eigenvalue weighted by Gasteiger charge is -2.36. The molecule has 31 heavy (non-hydrogen) atoms. The first-order valence-corrected chi connectivity index (χ1v) is 12.0. The molecule has 0 bridgehead atoms. The molecule has 1 aromatic heterocycles. The van der Waals surface area contributed by atoms with Crippen LogP contribution in [0.4, 0.5) is 5.69 Å². The highest BCUT2D eigenvalue weighted by atomic mass is 35.5. The van der Waals surface area contributed by atoms with Gasteiger partial charge >= 0.3 is 5.56 Å².